The fourth-order valence-corrected chi connectivity index (χ4v) is 1.58. The lowest BCUT2D eigenvalue weighted by atomic mass is 10.2. The molecule has 14 heavy (non-hydrogen) atoms. The SMILES string of the molecule is Fc1cnccc1NC1COCC1Cl. The molecule has 1 aromatic rings. The molecule has 1 aromatic heterocycles. The molecular formula is C9H10ClFN2O. The van der Waals surface area contributed by atoms with E-state index in [1.807, 2.05) is 0 Å². The third-order valence-corrected chi connectivity index (χ3v) is 2.55. The Morgan fingerprint density at radius 2 is 2.43 bits per heavy atom. The second kappa shape index (κ2) is 4.11. The summed E-state index contributed by atoms with van der Waals surface area (Å²) >= 11 is 5.95. The van der Waals surface area contributed by atoms with Gasteiger partial charge in [0.1, 0.15) is 0 Å². The van der Waals surface area contributed by atoms with E-state index in [2.05, 4.69) is 10.3 Å². The highest BCUT2D eigenvalue weighted by Crippen LogP contribution is 2.19. The molecule has 1 N–H and O–H groups in total. The van der Waals surface area contributed by atoms with Crippen molar-refractivity contribution in [1.29, 1.82) is 0 Å². The maximum atomic E-state index is 13.2. The maximum Gasteiger partial charge on any atom is 0.164 e. The molecule has 2 atom stereocenters. The van der Waals surface area contributed by atoms with Gasteiger partial charge in [0.15, 0.2) is 5.82 Å². The van der Waals surface area contributed by atoms with E-state index in [9.17, 15) is 4.39 Å². The quantitative estimate of drug-likeness (QED) is 0.764. The van der Waals surface area contributed by atoms with E-state index < -0.39 is 0 Å². The average Bonchev–Trinajstić information content (AvgIpc) is 2.56. The van der Waals surface area contributed by atoms with E-state index in [1.54, 1.807) is 6.07 Å². The highest BCUT2D eigenvalue weighted by molar-refractivity contribution is 6.21. The number of halogens is 2. The third-order valence-electron chi connectivity index (χ3n) is 2.12. The Labute approximate surface area is 86.2 Å². The van der Waals surface area contributed by atoms with Crippen LogP contribution >= 0.6 is 11.6 Å². The van der Waals surface area contributed by atoms with Gasteiger partial charge in [-0.15, -0.1) is 11.6 Å². The summed E-state index contributed by atoms with van der Waals surface area (Å²) in [5.74, 6) is -0.372. The van der Waals surface area contributed by atoms with Crippen LogP contribution in [0.5, 0.6) is 0 Å². The number of alkyl halides is 1. The van der Waals surface area contributed by atoms with Crippen LogP contribution in [0.25, 0.3) is 0 Å². The largest absolute Gasteiger partial charge is 0.378 e. The molecular weight excluding hydrogens is 207 g/mol. The van der Waals surface area contributed by atoms with Crippen molar-refractivity contribution in [2.45, 2.75) is 11.4 Å². The predicted molar refractivity (Wildman–Crippen MR) is 52.1 cm³/mol. The Hall–Kier alpha value is -0.870. The predicted octanol–water partition coefficient (Wildman–Crippen LogP) is 1.64. The molecule has 0 spiro atoms. The molecule has 2 rings (SSSR count). The molecule has 1 fully saturated rings. The summed E-state index contributed by atoms with van der Waals surface area (Å²) in [7, 11) is 0. The van der Waals surface area contributed by atoms with Gasteiger partial charge >= 0.3 is 0 Å². The molecule has 2 unspecified atom stereocenters. The lowest BCUT2D eigenvalue weighted by molar-refractivity contribution is 0.196. The van der Waals surface area contributed by atoms with Crippen LogP contribution < -0.4 is 5.32 Å². The van der Waals surface area contributed by atoms with Gasteiger partial charge in [-0.2, -0.15) is 0 Å². The molecule has 1 aliphatic heterocycles. The third kappa shape index (κ3) is 1.96. The minimum atomic E-state index is -0.372. The second-order valence-corrected chi connectivity index (χ2v) is 3.72. The van der Waals surface area contributed by atoms with Crippen LogP contribution in [0, 0.1) is 5.82 Å². The Morgan fingerprint density at radius 3 is 3.07 bits per heavy atom. The van der Waals surface area contributed by atoms with Gasteiger partial charge in [-0.1, -0.05) is 0 Å². The highest BCUT2D eigenvalue weighted by Gasteiger charge is 2.26. The number of rotatable bonds is 2. The fourth-order valence-electron chi connectivity index (χ4n) is 1.35. The Bertz CT molecular complexity index is 323. The summed E-state index contributed by atoms with van der Waals surface area (Å²) in [5, 5.41) is 2.88. The maximum absolute atomic E-state index is 13.2. The van der Waals surface area contributed by atoms with Crippen LogP contribution in [0.3, 0.4) is 0 Å². The van der Waals surface area contributed by atoms with Crippen molar-refractivity contribution in [3.8, 4) is 0 Å². The van der Waals surface area contributed by atoms with E-state index in [1.165, 1.54) is 12.4 Å². The van der Waals surface area contributed by atoms with Crippen LogP contribution in [0.2, 0.25) is 0 Å². The molecule has 0 saturated carbocycles. The first kappa shape index (κ1) is 9.68. The fraction of sp³-hybridized carbons (Fsp3) is 0.444. The molecule has 5 heteroatoms. The first-order valence-electron chi connectivity index (χ1n) is 4.35. The van der Waals surface area contributed by atoms with Gasteiger partial charge in [-0.25, -0.2) is 4.39 Å². The van der Waals surface area contributed by atoms with E-state index in [0.717, 1.165) is 0 Å². The molecule has 1 saturated heterocycles. The Morgan fingerprint density at radius 1 is 1.57 bits per heavy atom. The monoisotopic (exact) mass is 216 g/mol. The highest BCUT2D eigenvalue weighted by atomic mass is 35.5. The zero-order valence-electron chi connectivity index (χ0n) is 7.41. The number of hydrogen-bond donors (Lipinski definition) is 1. The summed E-state index contributed by atoms with van der Waals surface area (Å²) in [6.07, 6.45) is 2.70. The molecule has 0 bridgehead atoms. The first-order valence-corrected chi connectivity index (χ1v) is 4.79. The van der Waals surface area contributed by atoms with Crippen LogP contribution in [-0.4, -0.2) is 29.6 Å². The van der Waals surface area contributed by atoms with Gasteiger partial charge < -0.3 is 10.1 Å². The van der Waals surface area contributed by atoms with Crippen LogP contribution in [-0.2, 0) is 4.74 Å². The summed E-state index contributed by atoms with van der Waals surface area (Å²) in [6, 6.07) is 1.55. The van der Waals surface area contributed by atoms with Crippen molar-refractivity contribution in [1.82, 2.24) is 4.98 Å². The van der Waals surface area contributed by atoms with Crippen LogP contribution in [0.4, 0.5) is 10.1 Å². The Kier molecular flexibility index (Phi) is 2.84. The summed E-state index contributed by atoms with van der Waals surface area (Å²) in [6.45, 7) is 1.02. The molecule has 0 amide bonds. The van der Waals surface area contributed by atoms with Crippen molar-refractivity contribution >= 4 is 17.3 Å². The minimum absolute atomic E-state index is 0.0337. The normalized spacial score (nSPS) is 26.4. The van der Waals surface area contributed by atoms with E-state index in [-0.39, 0.29) is 17.2 Å². The minimum Gasteiger partial charge on any atom is -0.378 e. The summed E-state index contributed by atoms with van der Waals surface area (Å²) in [5.41, 5.74) is 0.418. The first-order chi connectivity index (χ1) is 6.77. The lowest BCUT2D eigenvalue weighted by Crippen LogP contribution is -2.28. The van der Waals surface area contributed by atoms with E-state index in [4.69, 9.17) is 16.3 Å². The van der Waals surface area contributed by atoms with Gasteiger partial charge in [0.05, 0.1) is 36.5 Å². The number of anilines is 1. The van der Waals surface area contributed by atoms with Gasteiger partial charge in [0.2, 0.25) is 0 Å². The van der Waals surface area contributed by atoms with Crippen molar-refractivity contribution in [3.63, 3.8) is 0 Å². The zero-order valence-corrected chi connectivity index (χ0v) is 8.17. The number of ether oxygens (including phenoxy) is 1. The Balaban J connectivity index is 2.07. The second-order valence-electron chi connectivity index (χ2n) is 3.16. The topological polar surface area (TPSA) is 34.2 Å². The smallest absolute Gasteiger partial charge is 0.164 e. The number of nitrogens with zero attached hydrogens (tertiary/aromatic N) is 1. The number of nitrogens with one attached hydrogen (secondary N) is 1. The standard InChI is InChI=1S/C9H10ClFN2O/c10-6-4-14-5-9(6)13-8-1-2-12-3-7(8)11/h1-3,6,9H,4-5H2,(H,12,13). The molecule has 2 heterocycles. The average molecular weight is 217 g/mol. The number of hydrogen-bond acceptors (Lipinski definition) is 3. The summed E-state index contributed by atoms with van der Waals surface area (Å²) in [4.78, 5) is 3.66. The van der Waals surface area contributed by atoms with Crippen molar-refractivity contribution < 1.29 is 9.13 Å². The van der Waals surface area contributed by atoms with Crippen molar-refractivity contribution in [2.24, 2.45) is 0 Å². The van der Waals surface area contributed by atoms with Crippen molar-refractivity contribution in [3.05, 3.63) is 24.3 Å². The van der Waals surface area contributed by atoms with Gasteiger partial charge in [0.25, 0.3) is 0 Å². The summed E-state index contributed by atoms with van der Waals surface area (Å²) < 4.78 is 18.3. The van der Waals surface area contributed by atoms with E-state index in [0.29, 0.717) is 18.9 Å². The number of aromatic nitrogens is 1. The van der Waals surface area contributed by atoms with Crippen molar-refractivity contribution in [2.75, 3.05) is 18.5 Å². The zero-order chi connectivity index (χ0) is 9.97. The van der Waals surface area contributed by atoms with Gasteiger partial charge in [-0.3, -0.25) is 4.98 Å². The lowest BCUT2D eigenvalue weighted by Gasteiger charge is -2.15. The molecule has 0 aromatic carbocycles. The molecule has 0 radical (unpaired) electrons. The van der Waals surface area contributed by atoms with Crippen LogP contribution in [0.15, 0.2) is 18.5 Å². The van der Waals surface area contributed by atoms with Gasteiger partial charge in [0, 0.05) is 6.20 Å². The van der Waals surface area contributed by atoms with Crippen LogP contribution in [0.1, 0.15) is 0 Å². The van der Waals surface area contributed by atoms with Gasteiger partial charge in [-0.05, 0) is 6.07 Å². The van der Waals surface area contributed by atoms with E-state index >= 15 is 0 Å². The molecule has 76 valence electrons. The number of pyridine rings is 1. The molecule has 1 aliphatic rings. The molecule has 3 nitrogen and oxygen atoms in total. The molecule has 0 aliphatic carbocycles.